The van der Waals surface area contributed by atoms with Crippen LogP contribution in [0.3, 0.4) is 0 Å². The van der Waals surface area contributed by atoms with E-state index in [0.717, 1.165) is 43.8 Å². The first-order chi connectivity index (χ1) is 27.5. The summed E-state index contributed by atoms with van der Waals surface area (Å²) in [6.07, 6.45) is 0. The second-order valence-corrected chi connectivity index (χ2v) is 15.3. The van der Waals surface area contributed by atoms with Crippen molar-refractivity contribution >= 4 is 83.4 Å². The molecule has 4 aliphatic heterocycles. The summed E-state index contributed by atoms with van der Waals surface area (Å²) in [5, 5.41) is 3.24. The fourth-order valence-electron chi connectivity index (χ4n) is 7.75. The zero-order valence-electron chi connectivity index (χ0n) is 29.7. The van der Waals surface area contributed by atoms with E-state index in [1.165, 1.54) is 20.3 Å². The normalized spacial score (nSPS) is 14.4. The summed E-state index contributed by atoms with van der Waals surface area (Å²) in [5.74, 6) is 1.99. The van der Waals surface area contributed by atoms with Crippen molar-refractivity contribution in [3.8, 4) is 5.75 Å². The summed E-state index contributed by atoms with van der Waals surface area (Å²) >= 11 is -3.37. The lowest BCUT2D eigenvalue weighted by Crippen LogP contribution is -2.50. The lowest BCUT2D eigenvalue weighted by atomic mass is 10.1. The fraction of sp³-hybridized carbons (Fsp3) is 0.0476. The van der Waals surface area contributed by atoms with Crippen molar-refractivity contribution in [2.75, 3.05) is 14.2 Å². The summed E-state index contributed by atoms with van der Waals surface area (Å²) in [5.41, 5.74) is 4.66. The number of rotatable bonds is 4. The molecule has 0 atom stereocenters. The van der Waals surface area contributed by atoms with Crippen molar-refractivity contribution in [3.63, 3.8) is 0 Å². The highest BCUT2D eigenvalue weighted by atomic mass is 27.2. The Balaban J connectivity index is 1.35. The molecule has 14 heteroatoms. The molecule has 6 heterocycles. The highest BCUT2D eigenvalue weighted by Gasteiger charge is 2.45. The number of benzene rings is 5. The zero-order valence-corrected chi connectivity index (χ0v) is 30.8. The van der Waals surface area contributed by atoms with Gasteiger partial charge in [-0.3, -0.25) is 0 Å². The lowest BCUT2D eigenvalue weighted by Gasteiger charge is -2.21. The van der Waals surface area contributed by atoms with Gasteiger partial charge in [0.1, 0.15) is 22.6 Å². The third-order valence-electron chi connectivity index (χ3n) is 10.3. The van der Waals surface area contributed by atoms with Gasteiger partial charge in [-0.15, -0.1) is 0 Å². The van der Waals surface area contributed by atoms with Gasteiger partial charge >= 0.3 is 26.9 Å². The van der Waals surface area contributed by atoms with Gasteiger partial charge in [-0.2, -0.15) is 0 Å². The van der Waals surface area contributed by atoms with Gasteiger partial charge in [0.25, 0.3) is 0 Å². The minimum atomic E-state index is -3.37. The lowest BCUT2D eigenvalue weighted by molar-refractivity contribution is 0.0598. The number of methoxy groups -OCH3 is 2. The quantitative estimate of drug-likeness (QED) is 0.171. The van der Waals surface area contributed by atoms with Crippen LogP contribution in [-0.2, 0) is 9.47 Å². The average molecular weight is 749 g/mol. The van der Waals surface area contributed by atoms with Crippen LogP contribution < -0.4 is 14.8 Å². The molecule has 4 aliphatic rings. The van der Waals surface area contributed by atoms with Crippen LogP contribution >= 0.6 is 0 Å². The van der Waals surface area contributed by atoms with Gasteiger partial charge in [0.2, 0.25) is 0 Å². The third kappa shape index (κ3) is 4.67. The number of carbonyl (C=O) groups is 2. The van der Waals surface area contributed by atoms with Gasteiger partial charge in [-0.05, 0) is 18.2 Å². The van der Waals surface area contributed by atoms with E-state index in [-0.39, 0.29) is 16.9 Å². The molecule has 0 amide bonds. The molecule has 0 fully saturated rings. The van der Waals surface area contributed by atoms with Crippen molar-refractivity contribution in [1.82, 2.24) is 7.10 Å². The van der Waals surface area contributed by atoms with E-state index in [2.05, 4.69) is 0 Å². The second-order valence-electron chi connectivity index (χ2n) is 13.4. The molecule has 13 nitrogen and oxygen atoms in total. The van der Waals surface area contributed by atoms with Gasteiger partial charge in [-0.25, -0.2) is 39.5 Å². The number of nitrogens with zero attached hydrogens (tertiary/aromatic N) is 8. The predicted octanol–water partition coefficient (Wildman–Crippen LogP) is 5.57. The largest absolute Gasteiger partial charge is 0.902 e. The van der Waals surface area contributed by atoms with E-state index < -0.39 is 26.9 Å². The summed E-state index contributed by atoms with van der Waals surface area (Å²) in [6, 6.07) is 36.2. The molecule has 0 radical (unpaired) electrons. The monoisotopic (exact) mass is 748 g/mol. The van der Waals surface area contributed by atoms with Crippen LogP contribution in [-0.4, -0.2) is 71.5 Å². The van der Waals surface area contributed by atoms with Crippen LogP contribution in [0.1, 0.15) is 43.0 Å². The standard InChI is InChI=1S/C32H16N8.C10H10O5.Al/c1-2-10-18-17(9-1)25-33-26(18)38-28-21-13-5-6-14-22(21)30(35-28)40-32-24-16-8-7-15-23(24)31(36-32)39-29-20-12-4-3-11-19(20)27(34-29)37-25;1-14-9(12)6-3-7(10(13)15-2)5-8(11)4-6;/h1-16H;3-5,11H,1-2H3;/q-2;;+3/p-1. The smallest absolute Gasteiger partial charge is 0.609 e. The summed E-state index contributed by atoms with van der Waals surface area (Å²) in [6.45, 7) is 0. The number of fused-ring (bicyclic) bond motifs is 14. The molecule has 0 saturated heterocycles. The number of aromatic nitrogens is 2. The van der Waals surface area contributed by atoms with Crippen LogP contribution in [0.2, 0.25) is 0 Å². The van der Waals surface area contributed by atoms with Gasteiger partial charge in [0, 0.05) is 43.8 Å². The minimum Gasteiger partial charge on any atom is -0.609 e. The molecule has 2 aromatic heterocycles. The molecule has 0 aliphatic carbocycles. The SMILES string of the molecule is COC(=O)c1cc([O][Al]2[n]3c4c5ccccc5c3N=C3N=C(N=c5c6ccccc6c([n]52)=NC2=NC(=N4)c4ccccc42)c2ccccc23)cc(C(=O)OC)c1. The predicted molar refractivity (Wildman–Crippen MR) is 211 cm³/mol. The molecule has 266 valence electrons. The molecule has 0 unspecified atom stereocenters. The molecular weight excluding hydrogens is 723 g/mol. The Hall–Kier alpha value is -7.27. The fourth-order valence-corrected chi connectivity index (χ4v) is 10.2. The van der Waals surface area contributed by atoms with Crippen LogP contribution in [0.15, 0.2) is 145 Å². The van der Waals surface area contributed by atoms with Crippen LogP contribution in [0.25, 0.3) is 21.5 Å². The van der Waals surface area contributed by atoms with Crippen LogP contribution in [0, 0.1) is 0 Å². The van der Waals surface area contributed by atoms with Crippen LogP contribution in [0.4, 0.5) is 11.6 Å². The van der Waals surface area contributed by atoms with E-state index in [0.29, 0.717) is 46.0 Å². The summed E-state index contributed by atoms with van der Waals surface area (Å²) in [7, 11) is 2.56. The molecule has 5 aromatic carbocycles. The number of aliphatic imine (C=N–C) groups is 4. The molecular formula is C42H25AlN8O5. The Kier molecular flexibility index (Phi) is 6.97. The molecule has 0 N–H and O–H groups in total. The Morgan fingerprint density at radius 3 is 1.30 bits per heavy atom. The highest BCUT2D eigenvalue weighted by Crippen LogP contribution is 2.41. The summed E-state index contributed by atoms with van der Waals surface area (Å²) in [4.78, 5) is 57.5. The average Bonchev–Trinajstić information content (AvgIpc) is 3.95. The maximum atomic E-state index is 13.0. The summed E-state index contributed by atoms with van der Waals surface area (Å²) < 4.78 is 21.5. The Morgan fingerprint density at radius 2 is 0.875 bits per heavy atom. The third-order valence-corrected chi connectivity index (χ3v) is 12.6. The van der Waals surface area contributed by atoms with Crippen molar-refractivity contribution in [3.05, 3.63) is 160 Å². The van der Waals surface area contributed by atoms with E-state index in [1.54, 1.807) is 12.1 Å². The highest BCUT2D eigenvalue weighted by molar-refractivity contribution is 6.52. The van der Waals surface area contributed by atoms with Crippen molar-refractivity contribution < 1.29 is 22.9 Å². The maximum Gasteiger partial charge on any atom is 0.902 e. The van der Waals surface area contributed by atoms with Crippen molar-refractivity contribution in [1.29, 1.82) is 0 Å². The van der Waals surface area contributed by atoms with E-state index in [1.807, 2.05) is 104 Å². The molecule has 0 spiro atoms. The molecule has 6 bridgehead atoms. The van der Waals surface area contributed by atoms with Gasteiger partial charge < -0.3 is 20.4 Å². The zero-order chi connectivity index (χ0) is 37.7. The second kappa shape index (κ2) is 12.1. The molecule has 56 heavy (non-hydrogen) atoms. The number of amidine groups is 4. The number of ether oxygens (including phenoxy) is 2. The number of esters is 2. The molecule has 0 saturated carbocycles. The molecule has 7 aromatic rings. The van der Waals surface area contributed by atoms with Gasteiger partial charge in [0.15, 0.2) is 23.3 Å². The first-order valence-corrected chi connectivity index (χ1v) is 19.2. The Bertz CT molecular complexity index is 3010. The van der Waals surface area contributed by atoms with Gasteiger partial charge in [0.05, 0.1) is 31.1 Å². The van der Waals surface area contributed by atoms with Gasteiger partial charge in [-0.1, -0.05) is 97.1 Å². The minimum absolute atomic E-state index is 0.108. The van der Waals surface area contributed by atoms with Crippen molar-refractivity contribution in [2.24, 2.45) is 30.0 Å². The number of hydrogen-bond acceptors (Lipinski definition) is 11. The first kappa shape index (κ1) is 32.2. The topological polar surface area (TPSA) is 146 Å². The van der Waals surface area contributed by atoms with E-state index >= 15 is 0 Å². The van der Waals surface area contributed by atoms with E-state index in [4.69, 9.17) is 43.2 Å². The Morgan fingerprint density at radius 1 is 0.482 bits per heavy atom. The number of hydrogen-bond donors (Lipinski definition) is 0. The Labute approximate surface area is 321 Å². The first-order valence-electron chi connectivity index (χ1n) is 17.7. The van der Waals surface area contributed by atoms with E-state index in [9.17, 15) is 9.59 Å². The molecule has 11 rings (SSSR count). The number of carbonyl (C=O) groups excluding carboxylic acids is 2. The maximum absolute atomic E-state index is 13.0. The van der Waals surface area contributed by atoms with Crippen molar-refractivity contribution in [2.45, 2.75) is 0 Å². The van der Waals surface area contributed by atoms with Crippen LogP contribution in [0.5, 0.6) is 5.75 Å².